The van der Waals surface area contributed by atoms with Crippen LogP contribution >= 0.6 is 8.60 Å². The molecule has 200 valence electrons. The Labute approximate surface area is 209 Å². The summed E-state index contributed by atoms with van der Waals surface area (Å²) in [5, 5.41) is 0. The molecule has 1 atom stereocenters. The van der Waals surface area contributed by atoms with Crippen molar-refractivity contribution in [1.29, 1.82) is 0 Å². The first-order valence-electron chi connectivity index (χ1n) is 14.7. The normalized spacial score (nSPS) is 15.9. The van der Waals surface area contributed by atoms with E-state index in [1.54, 1.807) is 7.11 Å². The quantitative estimate of drug-likeness (QED) is 0.112. The summed E-state index contributed by atoms with van der Waals surface area (Å²) in [5.41, 5.74) is 0. The van der Waals surface area contributed by atoms with Gasteiger partial charge in [0.05, 0.1) is 12.7 Å². The first-order chi connectivity index (χ1) is 16.3. The Morgan fingerprint density at radius 1 is 0.667 bits per heavy atom. The van der Waals surface area contributed by atoms with E-state index >= 15 is 0 Å². The smallest absolute Gasteiger partial charge is 0.316 e. The van der Waals surface area contributed by atoms with Crippen molar-refractivity contribution in [2.24, 2.45) is 0 Å². The molecule has 1 heterocycles. The predicted octanol–water partition coefficient (Wildman–Crippen LogP) is 9.66. The lowest BCUT2D eigenvalue weighted by Crippen LogP contribution is -2.37. The monoisotopic (exact) mass is 489 g/mol. The Bertz CT molecular complexity index is 365. The zero-order chi connectivity index (χ0) is 24.4. The first-order valence-corrected chi connectivity index (χ1v) is 15.8. The summed E-state index contributed by atoms with van der Waals surface area (Å²) < 4.78 is 17.5. The van der Waals surface area contributed by atoms with E-state index in [2.05, 4.69) is 18.7 Å². The van der Waals surface area contributed by atoms with Crippen LogP contribution in [0.1, 0.15) is 143 Å². The van der Waals surface area contributed by atoms with E-state index in [1.165, 1.54) is 103 Å². The van der Waals surface area contributed by atoms with Gasteiger partial charge in [0.15, 0.2) is 0 Å². The van der Waals surface area contributed by atoms with Crippen molar-refractivity contribution in [2.45, 2.75) is 149 Å². The van der Waals surface area contributed by atoms with Crippen LogP contribution in [0, 0.1) is 0 Å². The van der Waals surface area contributed by atoms with Crippen LogP contribution in [-0.2, 0) is 13.6 Å². The highest BCUT2D eigenvalue weighted by Crippen LogP contribution is 2.42. The summed E-state index contributed by atoms with van der Waals surface area (Å²) in [7, 11) is 0.549. The van der Waals surface area contributed by atoms with Crippen LogP contribution < -0.4 is 0 Å². The van der Waals surface area contributed by atoms with Gasteiger partial charge in [-0.15, -0.1) is 0 Å². The van der Waals surface area contributed by atoms with Crippen LogP contribution in [0.15, 0.2) is 0 Å². The van der Waals surface area contributed by atoms with Crippen LogP contribution in [0.5, 0.6) is 0 Å². The van der Waals surface area contributed by atoms with Gasteiger partial charge < -0.3 is 18.5 Å². The molecule has 1 rings (SSSR count). The van der Waals surface area contributed by atoms with Crippen molar-refractivity contribution in [3.8, 4) is 0 Å². The first kappa shape index (κ1) is 33.3. The average molecular weight is 490 g/mol. The lowest BCUT2D eigenvalue weighted by atomic mass is 10.0. The summed E-state index contributed by atoms with van der Waals surface area (Å²) in [5.74, 6) is 0. The zero-order valence-corrected chi connectivity index (χ0v) is 24.1. The molecule has 0 bridgehead atoms. The molecule has 1 saturated heterocycles. The number of piperidine rings is 1. The highest BCUT2D eigenvalue weighted by atomic mass is 31.2. The molecule has 1 fully saturated rings. The maximum Gasteiger partial charge on any atom is 0.332 e. The minimum absolute atomic E-state index is 0.306. The minimum atomic E-state index is -1.17. The lowest BCUT2D eigenvalue weighted by Gasteiger charge is -2.32. The van der Waals surface area contributed by atoms with Crippen LogP contribution in [0.3, 0.4) is 0 Å². The Balaban J connectivity index is 0.00000497. The molecule has 0 aromatic rings. The molecule has 0 radical (unpaired) electrons. The van der Waals surface area contributed by atoms with E-state index in [9.17, 15) is 0 Å². The van der Waals surface area contributed by atoms with E-state index in [0.29, 0.717) is 6.10 Å². The standard InChI is InChI=1S/C26H54NO3P.C2H6/c1-4-6-8-9-10-11-12-13-14-15-16-17-18-19-25-29-31(28-3)30-26-20-23-27(24-21-26)22-7-5-2;1-2/h26H,4-25H2,1-3H3;1-2H3. The molecule has 4 nitrogen and oxygen atoms in total. The highest BCUT2D eigenvalue weighted by molar-refractivity contribution is 7.41. The Hall–Kier alpha value is 0.270. The maximum atomic E-state index is 6.11. The van der Waals surface area contributed by atoms with Crippen LogP contribution in [-0.4, -0.2) is 44.4 Å². The van der Waals surface area contributed by atoms with E-state index in [-0.39, 0.29) is 0 Å². The van der Waals surface area contributed by atoms with E-state index in [0.717, 1.165) is 39.0 Å². The highest BCUT2D eigenvalue weighted by Gasteiger charge is 2.23. The van der Waals surface area contributed by atoms with Gasteiger partial charge in [-0.25, -0.2) is 0 Å². The lowest BCUT2D eigenvalue weighted by molar-refractivity contribution is 0.0728. The molecule has 1 aliphatic heterocycles. The van der Waals surface area contributed by atoms with Gasteiger partial charge in [-0.05, 0) is 32.2 Å². The second-order valence-corrected chi connectivity index (χ2v) is 10.6. The Morgan fingerprint density at radius 2 is 1.12 bits per heavy atom. The van der Waals surface area contributed by atoms with Gasteiger partial charge in [0.25, 0.3) is 0 Å². The molecule has 0 saturated carbocycles. The molecule has 0 N–H and O–H groups in total. The predicted molar refractivity (Wildman–Crippen MR) is 147 cm³/mol. The maximum absolute atomic E-state index is 6.11. The molecule has 33 heavy (non-hydrogen) atoms. The summed E-state index contributed by atoms with van der Waals surface area (Å²) in [6.07, 6.45) is 24.5. The van der Waals surface area contributed by atoms with Crippen molar-refractivity contribution < 1.29 is 13.6 Å². The number of unbranched alkanes of at least 4 members (excludes halogenated alkanes) is 14. The largest absolute Gasteiger partial charge is 0.332 e. The third-order valence-electron chi connectivity index (χ3n) is 6.44. The molecular formula is C28H60NO3P. The molecule has 0 aromatic carbocycles. The number of hydrogen-bond donors (Lipinski definition) is 0. The van der Waals surface area contributed by atoms with Gasteiger partial charge >= 0.3 is 8.60 Å². The molecule has 0 aliphatic carbocycles. The second kappa shape index (κ2) is 26.9. The van der Waals surface area contributed by atoms with Gasteiger partial charge in [-0.2, -0.15) is 0 Å². The second-order valence-electron chi connectivity index (χ2n) is 9.34. The Kier molecular flexibility index (Phi) is 27.1. The van der Waals surface area contributed by atoms with Crippen molar-refractivity contribution in [3.63, 3.8) is 0 Å². The molecule has 5 heteroatoms. The number of hydrogen-bond acceptors (Lipinski definition) is 4. The van der Waals surface area contributed by atoms with Crippen LogP contribution in [0.25, 0.3) is 0 Å². The molecule has 0 aromatic heterocycles. The number of rotatable bonds is 22. The zero-order valence-electron chi connectivity index (χ0n) is 23.3. The molecule has 1 unspecified atom stereocenters. The molecule has 1 aliphatic rings. The summed E-state index contributed by atoms with van der Waals surface area (Å²) in [6, 6.07) is 0. The van der Waals surface area contributed by atoms with Crippen LogP contribution in [0.2, 0.25) is 0 Å². The van der Waals surface area contributed by atoms with Gasteiger partial charge in [0.2, 0.25) is 0 Å². The van der Waals surface area contributed by atoms with E-state index in [1.807, 2.05) is 13.8 Å². The van der Waals surface area contributed by atoms with Crippen molar-refractivity contribution in [1.82, 2.24) is 4.90 Å². The third-order valence-corrected chi connectivity index (χ3v) is 7.60. The van der Waals surface area contributed by atoms with E-state index in [4.69, 9.17) is 13.6 Å². The fraction of sp³-hybridized carbons (Fsp3) is 1.00. The fourth-order valence-corrected chi connectivity index (χ4v) is 5.29. The van der Waals surface area contributed by atoms with Gasteiger partial charge in [0.1, 0.15) is 0 Å². The molecule has 0 spiro atoms. The van der Waals surface area contributed by atoms with Crippen molar-refractivity contribution in [2.75, 3.05) is 33.4 Å². The minimum Gasteiger partial charge on any atom is -0.316 e. The average Bonchev–Trinajstić information content (AvgIpc) is 2.86. The topological polar surface area (TPSA) is 30.9 Å². The molecular weight excluding hydrogens is 429 g/mol. The number of likely N-dealkylation sites (tertiary alicyclic amines) is 1. The van der Waals surface area contributed by atoms with Gasteiger partial charge in [-0.3, -0.25) is 0 Å². The Morgan fingerprint density at radius 3 is 1.58 bits per heavy atom. The van der Waals surface area contributed by atoms with Crippen molar-refractivity contribution >= 4 is 8.60 Å². The number of nitrogens with zero attached hydrogens (tertiary/aromatic N) is 1. The molecule has 0 amide bonds. The fourth-order valence-electron chi connectivity index (χ4n) is 4.30. The van der Waals surface area contributed by atoms with Crippen LogP contribution in [0.4, 0.5) is 0 Å². The summed E-state index contributed by atoms with van der Waals surface area (Å²) in [6.45, 7) is 12.9. The third kappa shape index (κ3) is 21.3. The van der Waals surface area contributed by atoms with Gasteiger partial charge in [-0.1, -0.05) is 118 Å². The van der Waals surface area contributed by atoms with Gasteiger partial charge in [0, 0.05) is 20.2 Å². The van der Waals surface area contributed by atoms with E-state index < -0.39 is 8.60 Å². The summed E-state index contributed by atoms with van der Waals surface area (Å²) >= 11 is 0. The van der Waals surface area contributed by atoms with Crippen molar-refractivity contribution in [3.05, 3.63) is 0 Å². The summed E-state index contributed by atoms with van der Waals surface area (Å²) in [4.78, 5) is 2.56. The SMILES string of the molecule is CC.CCCCCCCCCCCCCCCCOP(OC)OC1CCN(CCCC)CC1.